The van der Waals surface area contributed by atoms with E-state index in [1.54, 1.807) is 25.1 Å². The maximum Gasteiger partial charge on any atom is 0.330 e. The van der Waals surface area contributed by atoms with Gasteiger partial charge in [0.15, 0.2) is 0 Å². The van der Waals surface area contributed by atoms with Crippen LogP contribution in [0.4, 0.5) is 5.69 Å². The summed E-state index contributed by atoms with van der Waals surface area (Å²) in [4.78, 5) is 23.9. The molecule has 3 aromatic carbocycles. The number of ether oxygens (including phenoxy) is 1. The van der Waals surface area contributed by atoms with Crippen molar-refractivity contribution < 1.29 is 14.3 Å². The Kier molecular flexibility index (Phi) is 5.44. The number of rotatable bonds is 5. The predicted octanol–water partition coefficient (Wildman–Crippen LogP) is 4.67. The zero-order valence-electron chi connectivity index (χ0n) is 14.4. The fourth-order valence-electron chi connectivity index (χ4n) is 2.65. The van der Waals surface area contributed by atoms with Crippen molar-refractivity contribution in [2.75, 3.05) is 11.9 Å². The lowest BCUT2D eigenvalue weighted by Crippen LogP contribution is -2.12. The lowest BCUT2D eigenvalue weighted by atomic mass is 10.0. The van der Waals surface area contributed by atoms with Gasteiger partial charge in [-0.25, -0.2) is 4.79 Å². The number of hydrogen-bond donors (Lipinski definition) is 1. The monoisotopic (exact) mass is 345 g/mol. The molecule has 0 bridgehead atoms. The normalized spacial score (nSPS) is 10.8. The molecule has 0 aliphatic heterocycles. The van der Waals surface area contributed by atoms with Crippen LogP contribution in [0.2, 0.25) is 0 Å². The second-order valence-electron chi connectivity index (χ2n) is 5.69. The van der Waals surface area contributed by atoms with Gasteiger partial charge in [0.2, 0.25) is 0 Å². The van der Waals surface area contributed by atoms with Gasteiger partial charge in [-0.2, -0.15) is 0 Å². The fraction of sp³-hybridized carbons (Fsp3) is 0.0909. The van der Waals surface area contributed by atoms with Crippen molar-refractivity contribution in [3.63, 3.8) is 0 Å². The molecule has 130 valence electrons. The first-order valence-corrected chi connectivity index (χ1v) is 8.41. The number of amides is 1. The average molecular weight is 345 g/mol. The van der Waals surface area contributed by atoms with Crippen LogP contribution in [0, 0.1) is 0 Å². The summed E-state index contributed by atoms with van der Waals surface area (Å²) in [5.41, 5.74) is 2.17. The Morgan fingerprint density at radius 1 is 0.962 bits per heavy atom. The van der Waals surface area contributed by atoms with E-state index in [0.29, 0.717) is 17.9 Å². The first-order chi connectivity index (χ1) is 12.7. The summed E-state index contributed by atoms with van der Waals surface area (Å²) in [5.74, 6) is -0.530. The van der Waals surface area contributed by atoms with Gasteiger partial charge in [0.25, 0.3) is 5.91 Å². The number of nitrogens with one attached hydrogen (secondary N) is 1. The molecule has 1 amide bonds. The van der Waals surface area contributed by atoms with Crippen LogP contribution in [-0.2, 0) is 9.53 Å². The third-order valence-corrected chi connectivity index (χ3v) is 3.90. The van der Waals surface area contributed by atoms with E-state index in [1.165, 1.54) is 6.08 Å². The first kappa shape index (κ1) is 17.4. The molecule has 0 heterocycles. The topological polar surface area (TPSA) is 55.4 Å². The number of carbonyl (C=O) groups is 2. The highest BCUT2D eigenvalue weighted by Gasteiger charge is 2.09. The molecule has 1 N–H and O–H groups in total. The van der Waals surface area contributed by atoms with E-state index in [0.717, 1.165) is 16.3 Å². The van der Waals surface area contributed by atoms with Crippen LogP contribution >= 0.6 is 0 Å². The van der Waals surface area contributed by atoms with E-state index >= 15 is 0 Å². The smallest absolute Gasteiger partial charge is 0.330 e. The Labute approximate surface area is 152 Å². The zero-order chi connectivity index (χ0) is 18.4. The molecule has 0 radical (unpaired) electrons. The van der Waals surface area contributed by atoms with Crippen LogP contribution in [-0.4, -0.2) is 18.5 Å². The number of hydrogen-bond acceptors (Lipinski definition) is 3. The summed E-state index contributed by atoms with van der Waals surface area (Å²) in [5, 5.41) is 4.85. The van der Waals surface area contributed by atoms with E-state index in [9.17, 15) is 9.59 Å². The Balaban J connectivity index is 1.72. The number of esters is 1. The van der Waals surface area contributed by atoms with Gasteiger partial charge in [-0.05, 0) is 47.5 Å². The molecule has 0 atom stereocenters. The second-order valence-corrected chi connectivity index (χ2v) is 5.69. The predicted molar refractivity (Wildman–Crippen MR) is 104 cm³/mol. The van der Waals surface area contributed by atoms with Crippen molar-refractivity contribution in [2.24, 2.45) is 0 Å². The number of fused-ring (bicyclic) bond motifs is 1. The molecular formula is C22H19NO3. The average Bonchev–Trinajstić information content (AvgIpc) is 2.67. The molecule has 0 aliphatic carbocycles. The summed E-state index contributed by atoms with van der Waals surface area (Å²) >= 11 is 0. The molecule has 0 saturated carbocycles. The molecule has 0 spiro atoms. The van der Waals surface area contributed by atoms with E-state index in [1.807, 2.05) is 54.6 Å². The molecule has 3 aromatic rings. The highest BCUT2D eigenvalue weighted by Crippen LogP contribution is 2.20. The first-order valence-electron chi connectivity index (χ1n) is 8.41. The highest BCUT2D eigenvalue weighted by molar-refractivity contribution is 6.12. The molecule has 26 heavy (non-hydrogen) atoms. The Morgan fingerprint density at radius 3 is 2.46 bits per heavy atom. The van der Waals surface area contributed by atoms with E-state index < -0.39 is 0 Å². The van der Waals surface area contributed by atoms with Crippen LogP contribution < -0.4 is 5.32 Å². The van der Waals surface area contributed by atoms with Crippen molar-refractivity contribution in [3.8, 4) is 0 Å². The highest BCUT2D eigenvalue weighted by atomic mass is 16.5. The maximum atomic E-state index is 12.6. The van der Waals surface area contributed by atoms with Crippen molar-refractivity contribution >= 4 is 34.4 Å². The molecule has 0 fully saturated rings. The van der Waals surface area contributed by atoms with Gasteiger partial charge >= 0.3 is 5.97 Å². The Hall–Kier alpha value is -3.40. The second kappa shape index (κ2) is 8.12. The molecule has 4 nitrogen and oxygen atoms in total. The lowest BCUT2D eigenvalue weighted by Gasteiger charge is -2.08. The van der Waals surface area contributed by atoms with Crippen LogP contribution in [0.1, 0.15) is 22.8 Å². The number of carbonyl (C=O) groups excluding carboxylic acids is 2. The minimum Gasteiger partial charge on any atom is -0.463 e. The van der Waals surface area contributed by atoms with E-state index in [4.69, 9.17) is 4.74 Å². The van der Waals surface area contributed by atoms with Gasteiger partial charge in [0, 0.05) is 17.3 Å². The molecule has 0 saturated heterocycles. The summed E-state index contributed by atoms with van der Waals surface area (Å²) in [6, 6.07) is 20.7. The Bertz CT molecular complexity index is 953. The maximum absolute atomic E-state index is 12.6. The third kappa shape index (κ3) is 4.16. The summed E-state index contributed by atoms with van der Waals surface area (Å²) in [6.45, 7) is 2.11. The molecule has 3 rings (SSSR count). The quantitative estimate of drug-likeness (QED) is 0.540. The standard InChI is InChI=1S/C22H19NO3/c1-2-26-21(24)15-12-16-10-13-18(14-11-16)23-22(25)20-9-5-7-17-6-3-4-8-19(17)20/h3-15H,2H2,1H3,(H,23,25)/b15-12+. The minimum atomic E-state index is -0.374. The summed E-state index contributed by atoms with van der Waals surface area (Å²) in [7, 11) is 0. The molecule has 4 heteroatoms. The molecule has 0 aromatic heterocycles. The SMILES string of the molecule is CCOC(=O)/C=C/c1ccc(NC(=O)c2cccc3ccccc23)cc1. The fourth-order valence-corrected chi connectivity index (χ4v) is 2.65. The van der Waals surface area contributed by atoms with Crippen LogP contribution in [0.5, 0.6) is 0 Å². The summed E-state index contributed by atoms with van der Waals surface area (Å²) in [6.07, 6.45) is 3.06. The number of anilines is 1. The van der Waals surface area contributed by atoms with E-state index in [-0.39, 0.29) is 11.9 Å². The van der Waals surface area contributed by atoms with Gasteiger partial charge in [0.1, 0.15) is 0 Å². The lowest BCUT2D eigenvalue weighted by molar-refractivity contribution is -0.137. The van der Waals surface area contributed by atoms with Gasteiger partial charge in [-0.1, -0.05) is 48.5 Å². The van der Waals surface area contributed by atoms with Gasteiger partial charge < -0.3 is 10.1 Å². The molecule has 0 aliphatic rings. The molecular weight excluding hydrogens is 326 g/mol. The van der Waals surface area contributed by atoms with Crippen molar-refractivity contribution in [3.05, 3.63) is 83.9 Å². The van der Waals surface area contributed by atoms with Gasteiger partial charge in [-0.3, -0.25) is 4.79 Å². The van der Waals surface area contributed by atoms with Gasteiger partial charge in [-0.15, -0.1) is 0 Å². The third-order valence-electron chi connectivity index (χ3n) is 3.90. The van der Waals surface area contributed by atoms with E-state index in [2.05, 4.69) is 5.32 Å². The Morgan fingerprint density at radius 2 is 1.69 bits per heavy atom. The van der Waals surface area contributed by atoms with Crippen molar-refractivity contribution in [1.82, 2.24) is 0 Å². The van der Waals surface area contributed by atoms with Crippen molar-refractivity contribution in [2.45, 2.75) is 6.92 Å². The van der Waals surface area contributed by atoms with Crippen molar-refractivity contribution in [1.29, 1.82) is 0 Å². The number of benzene rings is 3. The van der Waals surface area contributed by atoms with Gasteiger partial charge in [0.05, 0.1) is 6.61 Å². The van der Waals surface area contributed by atoms with Crippen LogP contribution in [0.25, 0.3) is 16.8 Å². The summed E-state index contributed by atoms with van der Waals surface area (Å²) < 4.78 is 4.84. The minimum absolute atomic E-state index is 0.156. The molecule has 0 unspecified atom stereocenters. The van der Waals surface area contributed by atoms with Crippen LogP contribution in [0.15, 0.2) is 72.8 Å². The largest absolute Gasteiger partial charge is 0.463 e. The zero-order valence-corrected chi connectivity index (χ0v) is 14.4. The van der Waals surface area contributed by atoms with Crippen LogP contribution in [0.3, 0.4) is 0 Å².